The van der Waals surface area contributed by atoms with Crippen molar-refractivity contribution in [2.75, 3.05) is 18.1 Å². The standard InChI is InChI=1S/C19H25ClN2O3S2/c1-4-22(14(3)13-27(24,25)5-2)19(23)11-17-12-26-18(21-17)10-15-7-6-8-16(20)9-15/h6-9,12,14H,4-5,10-11,13H2,1-3H3. The maximum atomic E-state index is 12.6. The number of halogens is 1. The molecule has 0 aliphatic carbocycles. The van der Waals surface area contributed by atoms with Crippen LogP contribution in [0.1, 0.15) is 37.0 Å². The molecule has 1 heterocycles. The minimum atomic E-state index is -3.13. The van der Waals surface area contributed by atoms with Crippen molar-refractivity contribution < 1.29 is 13.2 Å². The van der Waals surface area contributed by atoms with Crippen LogP contribution in [0.3, 0.4) is 0 Å². The number of hydrogen-bond donors (Lipinski definition) is 0. The van der Waals surface area contributed by atoms with Gasteiger partial charge in [-0.15, -0.1) is 11.3 Å². The number of likely N-dealkylation sites (N-methyl/N-ethyl adjacent to an activating group) is 1. The molecule has 0 bridgehead atoms. The molecule has 0 spiro atoms. The molecule has 0 aliphatic rings. The number of carbonyl (C=O) groups is 1. The molecule has 2 rings (SSSR count). The van der Waals surface area contributed by atoms with E-state index in [0.29, 0.717) is 23.7 Å². The molecule has 1 aromatic heterocycles. The van der Waals surface area contributed by atoms with Gasteiger partial charge in [0.1, 0.15) is 0 Å². The van der Waals surface area contributed by atoms with Gasteiger partial charge in [-0.3, -0.25) is 4.79 Å². The Morgan fingerprint density at radius 3 is 2.70 bits per heavy atom. The fraction of sp³-hybridized carbons (Fsp3) is 0.474. The maximum Gasteiger partial charge on any atom is 0.228 e. The average molecular weight is 429 g/mol. The summed E-state index contributed by atoms with van der Waals surface area (Å²) in [6.07, 6.45) is 0.846. The van der Waals surface area contributed by atoms with E-state index >= 15 is 0 Å². The molecule has 0 saturated carbocycles. The second kappa shape index (κ2) is 9.66. The summed E-state index contributed by atoms with van der Waals surface area (Å²) in [5, 5.41) is 3.50. The van der Waals surface area contributed by atoms with Crippen molar-refractivity contribution in [2.45, 2.75) is 39.7 Å². The van der Waals surface area contributed by atoms with Crippen LogP contribution in [0, 0.1) is 0 Å². The Kier molecular flexibility index (Phi) is 7.82. The molecule has 1 unspecified atom stereocenters. The average Bonchev–Trinajstić information content (AvgIpc) is 3.01. The van der Waals surface area contributed by atoms with Crippen molar-refractivity contribution in [2.24, 2.45) is 0 Å². The fourth-order valence-electron chi connectivity index (χ4n) is 2.90. The third-order valence-electron chi connectivity index (χ3n) is 4.30. The quantitative estimate of drug-likeness (QED) is 0.612. The third kappa shape index (κ3) is 6.59. The monoisotopic (exact) mass is 428 g/mol. The van der Waals surface area contributed by atoms with E-state index < -0.39 is 9.84 Å². The van der Waals surface area contributed by atoms with Crippen molar-refractivity contribution >= 4 is 38.7 Å². The molecule has 0 N–H and O–H groups in total. The van der Waals surface area contributed by atoms with Gasteiger partial charge >= 0.3 is 0 Å². The molecular formula is C19H25ClN2O3S2. The van der Waals surface area contributed by atoms with Gasteiger partial charge in [-0.1, -0.05) is 30.7 Å². The molecule has 1 aromatic carbocycles. The summed E-state index contributed by atoms with van der Waals surface area (Å²) < 4.78 is 23.7. The van der Waals surface area contributed by atoms with E-state index in [0.717, 1.165) is 10.6 Å². The van der Waals surface area contributed by atoms with Gasteiger partial charge in [0.05, 0.1) is 22.9 Å². The molecule has 1 atom stereocenters. The van der Waals surface area contributed by atoms with Gasteiger partial charge in [0, 0.05) is 35.2 Å². The normalized spacial score (nSPS) is 12.7. The zero-order chi connectivity index (χ0) is 20.0. The van der Waals surface area contributed by atoms with Crippen molar-refractivity contribution in [3.8, 4) is 0 Å². The lowest BCUT2D eigenvalue weighted by molar-refractivity contribution is -0.131. The summed E-state index contributed by atoms with van der Waals surface area (Å²) in [5.74, 6) is -0.0294. The number of thiazole rings is 1. The summed E-state index contributed by atoms with van der Waals surface area (Å²) in [4.78, 5) is 18.8. The van der Waals surface area contributed by atoms with E-state index in [1.165, 1.54) is 11.3 Å². The lowest BCUT2D eigenvalue weighted by Crippen LogP contribution is -2.43. The SMILES string of the molecule is CCN(C(=O)Cc1csc(Cc2cccc(Cl)c2)n1)C(C)CS(=O)(=O)CC. The number of rotatable bonds is 9. The Hall–Kier alpha value is -1.44. The molecule has 0 aliphatic heterocycles. The zero-order valence-electron chi connectivity index (χ0n) is 15.8. The second-order valence-electron chi connectivity index (χ2n) is 6.44. The number of nitrogens with zero attached hydrogens (tertiary/aromatic N) is 2. The Labute approximate surface area is 170 Å². The summed E-state index contributed by atoms with van der Waals surface area (Å²) in [6, 6.07) is 7.28. The number of carbonyl (C=O) groups excluding carboxylic acids is 1. The van der Waals surface area contributed by atoms with Gasteiger partial charge in [0.25, 0.3) is 0 Å². The van der Waals surface area contributed by atoms with Crippen LogP contribution in [-0.4, -0.2) is 48.3 Å². The number of hydrogen-bond acceptors (Lipinski definition) is 5. The molecule has 0 saturated heterocycles. The highest BCUT2D eigenvalue weighted by molar-refractivity contribution is 7.91. The van der Waals surface area contributed by atoms with Crippen molar-refractivity contribution in [1.29, 1.82) is 0 Å². The van der Waals surface area contributed by atoms with Crippen molar-refractivity contribution in [1.82, 2.24) is 9.88 Å². The lowest BCUT2D eigenvalue weighted by Gasteiger charge is -2.27. The third-order valence-corrected chi connectivity index (χ3v) is 7.31. The molecule has 148 valence electrons. The number of amides is 1. The number of sulfone groups is 1. The lowest BCUT2D eigenvalue weighted by atomic mass is 10.2. The molecular weight excluding hydrogens is 404 g/mol. The van der Waals surface area contributed by atoms with Crippen LogP contribution in [-0.2, 0) is 27.5 Å². The first-order chi connectivity index (χ1) is 12.7. The van der Waals surface area contributed by atoms with Crippen LogP contribution < -0.4 is 0 Å². The van der Waals surface area contributed by atoms with E-state index in [4.69, 9.17) is 11.6 Å². The molecule has 0 radical (unpaired) electrons. The van der Waals surface area contributed by atoms with E-state index in [1.54, 1.807) is 18.7 Å². The van der Waals surface area contributed by atoms with Crippen LogP contribution in [0.2, 0.25) is 5.02 Å². The second-order valence-corrected chi connectivity index (χ2v) is 10.2. The predicted octanol–water partition coefficient (Wildman–Crippen LogP) is 3.60. The van der Waals surface area contributed by atoms with Crippen molar-refractivity contribution in [3.05, 3.63) is 50.9 Å². The van der Waals surface area contributed by atoms with Crippen LogP contribution in [0.15, 0.2) is 29.6 Å². The van der Waals surface area contributed by atoms with Gasteiger partial charge in [0.15, 0.2) is 9.84 Å². The minimum absolute atomic E-state index is 0.0137. The van der Waals surface area contributed by atoms with Gasteiger partial charge in [-0.25, -0.2) is 13.4 Å². The molecule has 2 aromatic rings. The summed E-state index contributed by atoms with van der Waals surface area (Å²) >= 11 is 7.52. The van der Waals surface area contributed by atoms with E-state index in [9.17, 15) is 13.2 Å². The number of aromatic nitrogens is 1. The predicted molar refractivity (Wildman–Crippen MR) is 111 cm³/mol. The van der Waals surface area contributed by atoms with Gasteiger partial charge < -0.3 is 4.90 Å². The zero-order valence-corrected chi connectivity index (χ0v) is 18.2. The highest BCUT2D eigenvalue weighted by Crippen LogP contribution is 2.18. The number of benzene rings is 1. The van der Waals surface area contributed by atoms with Gasteiger partial charge in [0.2, 0.25) is 5.91 Å². The Morgan fingerprint density at radius 2 is 2.07 bits per heavy atom. The Morgan fingerprint density at radius 1 is 1.33 bits per heavy atom. The molecule has 1 amide bonds. The minimum Gasteiger partial charge on any atom is -0.339 e. The topological polar surface area (TPSA) is 67.3 Å². The van der Waals surface area contributed by atoms with Crippen LogP contribution in [0.5, 0.6) is 0 Å². The first kappa shape index (κ1) is 21.9. The van der Waals surface area contributed by atoms with E-state index in [1.807, 2.05) is 36.6 Å². The largest absolute Gasteiger partial charge is 0.339 e. The Balaban J connectivity index is 2.01. The summed E-state index contributed by atoms with van der Waals surface area (Å²) in [7, 11) is -3.13. The summed E-state index contributed by atoms with van der Waals surface area (Å²) in [5.41, 5.74) is 1.79. The smallest absolute Gasteiger partial charge is 0.228 e. The van der Waals surface area contributed by atoms with Crippen molar-refractivity contribution in [3.63, 3.8) is 0 Å². The van der Waals surface area contributed by atoms with Gasteiger partial charge in [-0.05, 0) is 31.5 Å². The molecule has 27 heavy (non-hydrogen) atoms. The Bertz CT molecular complexity index is 881. The first-order valence-corrected chi connectivity index (χ1v) is 12.0. The summed E-state index contributed by atoms with van der Waals surface area (Å²) in [6.45, 7) is 5.73. The first-order valence-electron chi connectivity index (χ1n) is 8.91. The maximum absolute atomic E-state index is 12.6. The molecule has 0 fully saturated rings. The molecule has 5 nitrogen and oxygen atoms in total. The fourth-order valence-corrected chi connectivity index (χ4v) is 5.09. The van der Waals surface area contributed by atoms with E-state index in [2.05, 4.69) is 4.98 Å². The highest BCUT2D eigenvalue weighted by Gasteiger charge is 2.23. The van der Waals surface area contributed by atoms with Crippen LogP contribution in [0.25, 0.3) is 0 Å². The van der Waals surface area contributed by atoms with E-state index in [-0.39, 0.29) is 29.9 Å². The van der Waals surface area contributed by atoms with Gasteiger partial charge in [-0.2, -0.15) is 0 Å². The highest BCUT2D eigenvalue weighted by atomic mass is 35.5. The van der Waals surface area contributed by atoms with Crippen LogP contribution >= 0.6 is 22.9 Å². The molecule has 8 heteroatoms. The van der Waals surface area contributed by atoms with Crippen LogP contribution in [0.4, 0.5) is 0 Å².